The second-order valence-corrected chi connectivity index (χ2v) is 7.96. The Labute approximate surface area is 202 Å². The van der Waals surface area contributed by atoms with Gasteiger partial charge in [0.05, 0.1) is 35.5 Å². The third-order valence-corrected chi connectivity index (χ3v) is 5.55. The van der Waals surface area contributed by atoms with Crippen LogP contribution >= 0.6 is 11.6 Å². The van der Waals surface area contributed by atoms with Crippen LogP contribution in [-0.2, 0) is 9.47 Å². The molecule has 0 fully saturated rings. The molecule has 4 rings (SSSR count). The summed E-state index contributed by atoms with van der Waals surface area (Å²) in [5.41, 5.74) is 3.55. The van der Waals surface area contributed by atoms with Crippen molar-refractivity contribution in [3.05, 3.63) is 81.6 Å². The molecule has 0 unspecified atom stereocenters. The van der Waals surface area contributed by atoms with Gasteiger partial charge in [0.2, 0.25) is 0 Å². The molecular formula is C27H23ClN2O4. The maximum atomic E-state index is 13.0. The third-order valence-electron chi connectivity index (χ3n) is 5.25. The van der Waals surface area contributed by atoms with Crippen LogP contribution in [0, 0.1) is 6.92 Å². The number of esters is 2. The number of hydrogen-bond acceptors (Lipinski definition) is 6. The average Bonchev–Trinajstić information content (AvgIpc) is 2.82. The molecule has 0 aliphatic carbocycles. The van der Waals surface area contributed by atoms with Gasteiger partial charge in [-0.1, -0.05) is 41.4 Å². The van der Waals surface area contributed by atoms with E-state index < -0.39 is 11.9 Å². The van der Waals surface area contributed by atoms with Crippen molar-refractivity contribution in [2.45, 2.75) is 20.8 Å². The van der Waals surface area contributed by atoms with Gasteiger partial charge in [-0.25, -0.2) is 19.6 Å². The van der Waals surface area contributed by atoms with Gasteiger partial charge in [-0.05, 0) is 57.2 Å². The van der Waals surface area contributed by atoms with E-state index in [0.717, 1.165) is 16.5 Å². The van der Waals surface area contributed by atoms with Crippen LogP contribution in [-0.4, -0.2) is 35.1 Å². The van der Waals surface area contributed by atoms with Gasteiger partial charge in [0.25, 0.3) is 0 Å². The molecule has 2 aromatic heterocycles. The highest BCUT2D eigenvalue weighted by atomic mass is 35.5. The molecule has 0 atom stereocenters. The monoisotopic (exact) mass is 474 g/mol. The average molecular weight is 475 g/mol. The van der Waals surface area contributed by atoms with Crippen molar-refractivity contribution in [3.63, 3.8) is 0 Å². The summed E-state index contributed by atoms with van der Waals surface area (Å²) in [4.78, 5) is 35.0. The normalized spacial score (nSPS) is 11.3. The minimum atomic E-state index is -0.651. The second-order valence-electron chi connectivity index (χ2n) is 7.60. The number of ether oxygens (including phenoxy) is 2. The van der Waals surface area contributed by atoms with Gasteiger partial charge in [0.1, 0.15) is 10.7 Å². The molecule has 0 radical (unpaired) electrons. The number of fused-ring (bicyclic) bond motifs is 2. The molecule has 4 aromatic rings. The Kier molecular flexibility index (Phi) is 6.89. The minimum absolute atomic E-state index is 0.0518. The van der Waals surface area contributed by atoms with E-state index in [1.54, 1.807) is 44.2 Å². The van der Waals surface area contributed by atoms with Crippen LogP contribution in [0.2, 0.25) is 5.15 Å². The highest BCUT2D eigenvalue weighted by molar-refractivity contribution is 6.31. The van der Waals surface area contributed by atoms with Crippen molar-refractivity contribution in [1.82, 2.24) is 9.97 Å². The lowest BCUT2D eigenvalue weighted by molar-refractivity contribution is 0.0480. The number of rotatable bonds is 6. The number of nitrogens with zero attached hydrogens (tertiary/aromatic N) is 2. The minimum Gasteiger partial charge on any atom is -0.462 e. The first-order valence-corrected chi connectivity index (χ1v) is 11.3. The van der Waals surface area contributed by atoms with Crippen molar-refractivity contribution < 1.29 is 19.1 Å². The Bertz CT molecular complexity index is 1450. The molecule has 6 nitrogen and oxygen atoms in total. The van der Waals surface area contributed by atoms with E-state index >= 15 is 0 Å². The molecule has 172 valence electrons. The molecule has 0 spiro atoms. The maximum Gasteiger partial charge on any atom is 0.341 e. The van der Waals surface area contributed by atoms with Gasteiger partial charge >= 0.3 is 11.9 Å². The number of aromatic nitrogens is 2. The van der Waals surface area contributed by atoms with Crippen molar-refractivity contribution in [3.8, 4) is 0 Å². The molecule has 0 saturated carbocycles. The Balaban J connectivity index is 1.93. The molecule has 2 heterocycles. The first-order valence-electron chi connectivity index (χ1n) is 10.9. The first-order chi connectivity index (χ1) is 16.4. The van der Waals surface area contributed by atoms with Gasteiger partial charge < -0.3 is 9.47 Å². The van der Waals surface area contributed by atoms with E-state index in [4.69, 9.17) is 21.1 Å². The predicted octanol–water partition coefficient (Wildman–Crippen LogP) is 6.27. The lowest BCUT2D eigenvalue weighted by Crippen LogP contribution is -2.17. The molecule has 0 N–H and O–H groups in total. The zero-order chi connectivity index (χ0) is 24.2. The van der Waals surface area contributed by atoms with Crippen molar-refractivity contribution in [2.75, 3.05) is 13.2 Å². The predicted molar refractivity (Wildman–Crippen MR) is 134 cm³/mol. The summed E-state index contributed by atoms with van der Waals surface area (Å²) in [7, 11) is 0. The van der Waals surface area contributed by atoms with Gasteiger partial charge in [0, 0.05) is 16.3 Å². The maximum absolute atomic E-state index is 13.0. The zero-order valence-electron chi connectivity index (χ0n) is 19.1. The van der Waals surface area contributed by atoms with E-state index in [9.17, 15) is 9.59 Å². The van der Waals surface area contributed by atoms with Crippen LogP contribution in [0.3, 0.4) is 0 Å². The van der Waals surface area contributed by atoms with Gasteiger partial charge in [-0.3, -0.25) is 0 Å². The molecule has 0 aliphatic heterocycles. The summed E-state index contributed by atoms with van der Waals surface area (Å²) in [5.74, 6) is -1.26. The molecule has 0 saturated heterocycles. The summed E-state index contributed by atoms with van der Waals surface area (Å²) < 4.78 is 10.5. The Morgan fingerprint density at radius 1 is 0.882 bits per heavy atom. The number of pyridine rings is 2. The number of para-hydroxylation sites is 1. The third kappa shape index (κ3) is 4.63. The highest BCUT2D eigenvalue weighted by Crippen LogP contribution is 2.28. The summed E-state index contributed by atoms with van der Waals surface area (Å²) in [5, 5.41) is 1.77. The van der Waals surface area contributed by atoms with Crippen LogP contribution < -0.4 is 0 Å². The fourth-order valence-electron chi connectivity index (χ4n) is 3.75. The first kappa shape index (κ1) is 23.4. The molecule has 2 aromatic carbocycles. The molecular weight excluding hydrogens is 452 g/mol. The number of carbonyl (C=O) groups is 2. The van der Waals surface area contributed by atoms with Crippen LogP contribution in [0.5, 0.6) is 0 Å². The Morgan fingerprint density at radius 3 is 2.32 bits per heavy atom. The van der Waals surface area contributed by atoms with Crippen molar-refractivity contribution >= 4 is 57.5 Å². The van der Waals surface area contributed by atoms with Gasteiger partial charge in [-0.15, -0.1) is 0 Å². The van der Waals surface area contributed by atoms with Crippen LogP contribution in [0.25, 0.3) is 34.0 Å². The Morgan fingerprint density at radius 2 is 1.59 bits per heavy atom. The SMILES string of the molecule is CCOC(=O)c1c(/C=C/c2cc3cc(C)ccc3nc2Cl)nc2ccccc2c1C(=O)OCC. The summed E-state index contributed by atoms with van der Waals surface area (Å²) in [6.07, 6.45) is 3.37. The summed E-state index contributed by atoms with van der Waals surface area (Å²) in [6, 6.07) is 14.9. The zero-order valence-corrected chi connectivity index (χ0v) is 19.8. The smallest absolute Gasteiger partial charge is 0.341 e. The van der Waals surface area contributed by atoms with E-state index in [2.05, 4.69) is 9.97 Å². The number of aryl methyl sites for hydroxylation is 1. The number of benzene rings is 2. The number of halogens is 1. The van der Waals surface area contributed by atoms with Gasteiger partial charge in [-0.2, -0.15) is 0 Å². The molecule has 7 heteroatoms. The van der Waals surface area contributed by atoms with Gasteiger partial charge in [0.15, 0.2) is 0 Å². The van der Waals surface area contributed by atoms with E-state index in [-0.39, 0.29) is 30.0 Å². The highest BCUT2D eigenvalue weighted by Gasteiger charge is 2.26. The molecule has 34 heavy (non-hydrogen) atoms. The summed E-state index contributed by atoms with van der Waals surface area (Å²) >= 11 is 6.43. The van der Waals surface area contributed by atoms with Crippen molar-refractivity contribution in [1.29, 1.82) is 0 Å². The lowest BCUT2D eigenvalue weighted by Gasteiger charge is -2.14. The van der Waals surface area contributed by atoms with Crippen LogP contribution in [0.1, 0.15) is 51.4 Å². The quantitative estimate of drug-likeness (QED) is 0.242. The van der Waals surface area contributed by atoms with E-state index in [0.29, 0.717) is 21.6 Å². The largest absolute Gasteiger partial charge is 0.462 e. The van der Waals surface area contributed by atoms with E-state index in [1.165, 1.54) is 0 Å². The Hall–Kier alpha value is -3.77. The summed E-state index contributed by atoms with van der Waals surface area (Å²) in [6.45, 7) is 5.74. The van der Waals surface area contributed by atoms with Crippen LogP contribution in [0.4, 0.5) is 0 Å². The van der Waals surface area contributed by atoms with Crippen LogP contribution in [0.15, 0.2) is 48.5 Å². The fraction of sp³-hybridized carbons (Fsp3) is 0.185. The number of hydrogen-bond donors (Lipinski definition) is 0. The molecule has 0 aliphatic rings. The molecule has 0 bridgehead atoms. The molecule has 0 amide bonds. The lowest BCUT2D eigenvalue weighted by atomic mass is 9.99. The standard InChI is InChI=1S/C27H23ClN2O4/c1-4-33-26(31)23-19-8-6-7-9-21(19)29-22(24(23)27(32)34-5-2)13-11-17-15-18-14-16(3)10-12-20(18)30-25(17)28/h6-15H,4-5H2,1-3H3/b13-11+. The number of carbonyl (C=O) groups excluding carboxylic acids is 2. The topological polar surface area (TPSA) is 78.4 Å². The fourth-order valence-corrected chi connectivity index (χ4v) is 3.96. The van der Waals surface area contributed by atoms with E-state index in [1.807, 2.05) is 37.3 Å². The second kappa shape index (κ2) is 10.0. The van der Waals surface area contributed by atoms with Crippen molar-refractivity contribution in [2.24, 2.45) is 0 Å².